The lowest BCUT2D eigenvalue weighted by molar-refractivity contribution is -0.121. The van der Waals surface area contributed by atoms with E-state index < -0.39 is 0 Å². The first-order valence-electron chi connectivity index (χ1n) is 7.13. The number of nitrogens with two attached hydrogens (primary N) is 1. The van der Waals surface area contributed by atoms with E-state index in [1.54, 1.807) is 0 Å². The predicted molar refractivity (Wildman–Crippen MR) is 84.3 cm³/mol. The Hall–Kier alpha value is -0.910. The van der Waals surface area contributed by atoms with Gasteiger partial charge in [0.2, 0.25) is 5.91 Å². The van der Waals surface area contributed by atoms with Crippen molar-refractivity contribution < 1.29 is 4.79 Å². The van der Waals surface area contributed by atoms with Crippen molar-refractivity contribution in [3.63, 3.8) is 0 Å². The first-order chi connectivity index (χ1) is 9.67. The molecule has 0 aliphatic carbocycles. The fourth-order valence-electron chi connectivity index (χ4n) is 2.51. The largest absolute Gasteiger partial charge is 0.353 e. The summed E-state index contributed by atoms with van der Waals surface area (Å²) < 4.78 is 1.11. The summed E-state index contributed by atoms with van der Waals surface area (Å²) in [5.74, 6) is 0.0823. The van der Waals surface area contributed by atoms with Gasteiger partial charge in [-0.2, -0.15) is 0 Å². The van der Waals surface area contributed by atoms with Crippen LogP contribution < -0.4 is 11.1 Å². The van der Waals surface area contributed by atoms with Crippen molar-refractivity contribution in [3.8, 4) is 0 Å². The van der Waals surface area contributed by atoms with E-state index in [0.717, 1.165) is 36.9 Å². The molecule has 0 saturated carbocycles. The van der Waals surface area contributed by atoms with E-state index in [9.17, 15) is 4.79 Å². The molecule has 3 N–H and O–H groups in total. The average molecular weight is 340 g/mol. The van der Waals surface area contributed by atoms with Gasteiger partial charge in [-0.3, -0.25) is 9.69 Å². The zero-order chi connectivity index (χ0) is 14.4. The quantitative estimate of drug-likeness (QED) is 0.861. The zero-order valence-corrected chi connectivity index (χ0v) is 13.2. The third-order valence-corrected chi connectivity index (χ3v) is 4.17. The fraction of sp³-hybridized carbons (Fsp3) is 0.533. The van der Waals surface area contributed by atoms with Crippen LogP contribution in [0.15, 0.2) is 28.7 Å². The molecular formula is C15H22BrN3O. The van der Waals surface area contributed by atoms with Crippen molar-refractivity contribution in [2.45, 2.75) is 31.8 Å². The van der Waals surface area contributed by atoms with Crippen LogP contribution in [0.5, 0.6) is 0 Å². The lowest BCUT2D eigenvalue weighted by atomic mass is 10.0. The van der Waals surface area contributed by atoms with Gasteiger partial charge in [0.05, 0.1) is 0 Å². The van der Waals surface area contributed by atoms with E-state index in [1.165, 1.54) is 5.56 Å². The Kier molecular flexibility index (Phi) is 6.01. The van der Waals surface area contributed by atoms with Crippen LogP contribution in [0, 0.1) is 0 Å². The summed E-state index contributed by atoms with van der Waals surface area (Å²) in [5.41, 5.74) is 6.71. The molecule has 1 heterocycles. The Morgan fingerprint density at radius 3 is 2.55 bits per heavy atom. The third-order valence-electron chi connectivity index (χ3n) is 3.64. The van der Waals surface area contributed by atoms with Crippen LogP contribution >= 0.6 is 15.9 Å². The van der Waals surface area contributed by atoms with Crippen LogP contribution in [0.3, 0.4) is 0 Å². The normalized spacial score (nSPS) is 17.1. The van der Waals surface area contributed by atoms with Crippen LogP contribution in [0.2, 0.25) is 0 Å². The lowest BCUT2D eigenvalue weighted by Crippen LogP contribution is -2.44. The number of hydrogen-bond acceptors (Lipinski definition) is 3. The monoisotopic (exact) mass is 339 g/mol. The number of hydrogen-bond donors (Lipinski definition) is 2. The molecule has 1 amide bonds. The Morgan fingerprint density at radius 1 is 1.30 bits per heavy atom. The van der Waals surface area contributed by atoms with Gasteiger partial charge in [0.1, 0.15) is 0 Å². The number of carbonyl (C=O) groups is 1. The Labute approximate surface area is 128 Å². The summed E-state index contributed by atoms with van der Waals surface area (Å²) in [6.45, 7) is 3.47. The second-order valence-corrected chi connectivity index (χ2v) is 6.20. The van der Waals surface area contributed by atoms with Gasteiger partial charge in [-0.15, -0.1) is 0 Å². The summed E-state index contributed by atoms with van der Waals surface area (Å²) in [6, 6.07) is 8.78. The first-order valence-corrected chi connectivity index (χ1v) is 7.93. The number of halogens is 1. The summed E-state index contributed by atoms with van der Waals surface area (Å²) >= 11 is 3.45. The number of likely N-dealkylation sites (tertiary alicyclic amines) is 1. The molecule has 0 unspecified atom stereocenters. The Balaban J connectivity index is 1.74. The van der Waals surface area contributed by atoms with Gasteiger partial charge < -0.3 is 11.1 Å². The third kappa shape index (κ3) is 4.89. The topological polar surface area (TPSA) is 58.4 Å². The van der Waals surface area contributed by atoms with Crippen LogP contribution in [0.1, 0.15) is 24.8 Å². The Morgan fingerprint density at radius 2 is 1.95 bits per heavy atom. The number of amides is 1. The number of benzene rings is 1. The summed E-state index contributed by atoms with van der Waals surface area (Å²) in [6.07, 6.45) is 2.47. The van der Waals surface area contributed by atoms with E-state index in [2.05, 4.69) is 50.4 Å². The highest BCUT2D eigenvalue weighted by Gasteiger charge is 2.20. The molecule has 0 spiro atoms. The van der Waals surface area contributed by atoms with Crippen molar-refractivity contribution in [2.24, 2.45) is 5.73 Å². The molecule has 20 heavy (non-hydrogen) atoms. The van der Waals surface area contributed by atoms with Gasteiger partial charge in [-0.05, 0) is 30.5 Å². The molecule has 4 nitrogen and oxygen atoms in total. The predicted octanol–water partition coefficient (Wildman–Crippen LogP) is 1.88. The van der Waals surface area contributed by atoms with Crippen LogP contribution in [0.25, 0.3) is 0 Å². The Bertz CT molecular complexity index is 427. The molecule has 2 rings (SSSR count). The maximum absolute atomic E-state index is 11.5. The summed E-state index contributed by atoms with van der Waals surface area (Å²) in [5, 5.41) is 3.06. The molecule has 1 aromatic carbocycles. The zero-order valence-electron chi connectivity index (χ0n) is 11.6. The molecule has 1 fully saturated rings. The smallest absolute Gasteiger partial charge is 0.221 e. The molecule has 5 heteroatoms. The molecule has 1 aromatic rings. The molecular weight excluding hydrogens is 318 g/mol. The standard InChI is InChI=1S/C15H22BrN3O/c16-13-3-1-12(2-4-13)11-19-9-6-14(7-10-19)18-15(20)5-8-17/h1-4,14H,5-11,17H2,(H,18,20). The second-order valence-electron chi connectivity index (χ2n) is 5.28. The van der Waals surface area contributed by atoms with Gasteiger partial charge in [-0.25, -0.2) is 0 Å². The highest BCUT2D eigenvalue weighted by Crippen LogP contribution is 2.16. The molecule has 0 atom stereocenters. The number of rotatable bonds is 5. The van der Waals surface area contributed by atoms with Crippen LogP contribution in [-0.2, 0) is 11.3 Å². The van der Waals surface area contributed by atoms with Crippen molar-refractivity contribution in [2.75, 3.05) is 19.6 Å². The molecule has 110 valence electrons. The van der Waals surface area contributed by atoms with Crippen LogP contribution in [-0.4, -0.2) is 36.5 Å². The molecule has 1 aliphatic rings. The number of nitrogens with one attached hydrogen (secondary N) is 1. The lowest BCUT2D eigenvalue weighted by Gasteiger charge is -2.32. The van der Waals surface area contributed by atoms with Crippen LogP contribution in [0.4, 0.5) is 0 Å². The number of carbonyl (C=O) groups excluding carboxylic acids is 1. The minimum atomic E-state index is 0.0823. The van der Waals surface area contributed by atoms with Gasteiger partial charge in [0, 0.05) is 43.1 Å². The van der Waals surface area contributed by atoms with Gasteiger partial charge in [0.15, 0.2) is 0 Å². The summed E-state index contributed by atoms with van der Waals surface area (Å²) in [7, 11) is 0. The molecule has 0 aromatic heterocycles. The second kappa shape index (κ2) is 7.76. The highest BCUT2D eigenvalue weighted by molar-refractivity contribution is 9.10. The van der Waals surface area contributed by atoms with E-state index >= 15 is 0 Å². The van der Waals surface area contributed by atoms with Crippen molar-refractivity contribution in [1.82, 2.24) is 10.2 Å². The van der Waals surface area contributed by atoms with Crippen molar-refractivity contribution in [3.05, 3.63) is 34.3 Å². The van der Waals surface area contributed by atoms with Gasteiger partial charge in [0.25, 0.3) is 0 Å². The fourth-order valence-corrected chi connectivity index (χ4v) is 2.78. The molecule has 1 saturated heterocycles. The first kappa shape index (κ1) is 15.5. The van der Waals surface area contributed by atoms with Crippen molar-refractivity contribution >= 4 is 21.8 Å². The minimum absolute atomic E-state index is 0.0823. The number of nitrogens with zero attached hydrogens (tertiary/aromatic N) is 1. The maximum Gasteiger partial charge on any atom is 0.221 e. The summed E-state index contributed by atoms with van der Waals surface area (Å²) in [4.78, 5) is 13.9. The molecule has 0 radical (unpaired) electrons. The highest BCUT2D eigenvalue weighted by atomic mass is 79.9. The van der Waals surface area contributed by atoms with E-state index in [4.69, 9.17) is 5.73 Å². The number of piperidine rings is 1. The maximum atomic E-state index is 11.5. The minimum Gasteiger partial charge on any atom is -0.353 e. The SMILES string of the molecule is NCCC(=O)NC1CCN(Cc2ccc(Br)cc2)CC1. The molecule has 1 aliphatic heterocycles. The average Bonchev–Trinajstić information content (AvgIpc) is 2.44. The van der Waals surface area contributed by atoms with E-state index in [0.29, 0.717) is 19.0 Å². The van der Waals surface area contributed by atoms with E-state index in [-0.39, 0.29) is 5.91 Å². The van der Waals surface area contributed by atoms with Gasteiger partial charge >= 0.3 is 0 Å². The van der Waals surface area contributed by atoms with Gasteiger partial charge in [-0.1, -0.05) is 28.1 Å². The molecule has 0 bridgehead atoms. The van der Waals surface area contributed by atoms with Crippen molar-refractivity contribution in [1.29, 1.82) is 0 Å². The van der Waals surface area contributed by atoms with E-state index in [1.807, 2.05) is 0 Å².